The van der Waals surface area contributed by atoms with Crippen molar-refractivity contribution >= 4 is 17.4 Å². The number of carbonyl (C=O) groups is 2. The molecule has 1 amide bonds. The number of amides is 1. The van der Waals surface area contributed by atoms with E-state index in [-0.39, 0.29) is 22.3 Å². The van der Waals surface area contributed by atoms with Crippen LogP contribution < -0.4 is 0 Å². The third-order valence-corrected chi connectivity index (χ3v) is 8.02. The van der Waals surface area contributed by atoms with Crippen molar-refractivity contribution in [3.63, 3.8) is 0 Å². The zero-order valence-electron chi connectivity index (χ0n) is 21.9. The molecule has 190 valence electrons. The van der Waals surface area contributed by atoms with Crippen molar-refractivity contribution < 1.29 is 14.7 Å². The highest BCUT2D eigenvalue weighted by Gasteiger charge is 2.46. The predicted octanol–water partition coefficient (Wildman–Crippen LogP) is 6.83. The largest absolute Gasteiger partial charge is 0.478 e. The number of carboxylic acids is 1. The van der Waals surface area contributed by atoms with Gasteiger partial charge in [0.2, 0.25) is 0 Å². The smallest absolute Gasteiger partial charge is 0.335 e. The number of carboxylic acid groups (broad SMARTS) is 1. The molecule has 0 spiro atoms. The lowest BCUT2D eigenvalue weighted by atomic mass is 9.58. The summed E-state index contributed by atoms with van der Waals surface area (Å²) < 4.78 is 0. The zero-order chi connectivity index (χ0) is 27.1. The molecule has 5 nitrogen and oxygen atoms in total. The Morgan fingerprint density at radius 2 is 1.55 bits per heavy atom. The molecular weight excluding hydrogens is 472 g/mol. The fourth-order valence-electron chi connectivity index (χ4n) is 6.17. The van der Waals surface area contributed by atoms with Crippen LogP contribution in [0.25, 0.3) is 16.7 Å². The van der Waals surface area contributed by atoms with Crippen molar-refractivity contribution in [2.45, 2.75) is 27.2 Å². The number of fused-ring (bicyclic) bond motifs is 1. The minimum atomic E-state index is -0.929. The molecule has 3 aromatic carbocycles. The molecule has 1 heterocycles. The Kier molecular flexibility index (Phi) is 6.28. The van der Waals surface area contributed by atoms with E-state index < -0.39 is 5.97 Å². The van der Waals surface area contributed by atoms with Gasteiger partial charge in [0.15, 0.2) is 0 Å². The second-order valence-electron chi connectivity index (χ2n) is 10.9. The van der Waals surface area contributed by atoms with Gasteiger partial charge in [-0.15, -0.1) is 0 Å². The van der Waals surface area contributed by atoms with Crippen LogP contribution >= 0.6 is 0 Å². The van der Waals surface area contributed by atoms with Gasteiger partial charge in [-0.25, -0.2) is 4.79 Å². The molecule has 1 N–H and O–H groups in total. The van der Waals surface area contributed by atoms with Crippen LogP contribution in [0, 0.1) is 22.2 Å². The van der Waals surface area contributed by atoms with Gasteiger partial charge in [0, 0.05) is 29.5 Å². The van der Waals surface area contributed by atoms with Crippen LogP contribution in [-0.4, -0.2) is 35.0 Å². The van der Waals surface area contributed by atoms with Gasteiger partial charge in [0.25, 0.3) is 5.91 Å². The lowest BCUT2D eigenvalue weighted by Crippen LogP contribution is -2.48. The fraction of sp³-hybridized carbons (Fsp3) is 0.242. The molecule has 1 aliphatic heterocycles. The first kappa shape index (κ1) is 25.2. The quantitative estimate of drug-likeness (QED) is 0.397. The van der Waals surface area contributed by atoms with Crippen molar-refractivity contribution in [3.05, 3.63) is 113 Å². The SMILES string of the molecule is CC1(C)C(c2ccc(C(=O)O)cc2)=CC[C@]2(C)CN(C(=O)c3ccccc3-c3ccc(C#N)cc3)CC=C12. The predicted molar refractivity (Wildman–Crippen MR) is 148 cm³/mol. The number of rotatable bonds is 4. The average Bonchev–Trinajstić information content (AvgIpc) is 2.92. The summed E-state index contributed by atoms with van der Waals surface area (Å²) in [6, 6.07) is 24.2. The van der Waals surface area contributed by atoms with Crippen LogP contribution in [-0.2, 0) is 0 Å². The second kappa shape index (κ2) is 9.46. The Balaban J connectivity index is 1.43. The Morgan fingerprint density at radius 3 is 2.21 bits per heavy atom. The topological polar surface area (TPSA) is 81.4 Å². The second-order valence-corrected chi connectivity index (χ2v) is 10.9. The number of nitrogens with zero attached hydrogens (tertiary/aromatic N) is 2. The number of allylic oxidation sites excluding steroid dienone is 2. The van der Waals surface area contributed by atoms with Crippen LogP contribution in [0.2, 0.25) is 0 Å². The normalized spacial score (nSPS) is 20.0. The maximum absolute atomic E-state index is 13.8. The van der Waals surface area contributed by atoms with E-state index in [1.165, 1.54) is 11.1 Å². The van der Waals surface area contributed by atoms with Gasteiger partial charge < -0.3 is 10.0 Å². The standard InChI is InChI=1S/C33H30N2O3/c1-32(2)28(24-12-14-25(15-13-24)31(37)38)16-18-33(3)21-35(19-17-29(32)33)30(36)27-7-5-4-6-26(27)23-10-8-22(20-34)9-11-23/h4-17H,18-19,21H2,1-3H3,(H,37,38)/t33-/m1/s1. The molecule has 1 aliphatic carbocycles. The first-order chi connectivity index (χ1) is 18.1. The molecule has 0 saturated carbocycles. The summed E-state index contributed by atoms with van der Waals surface area (Å²) in [7, 11) is 0. The van der Waals surface area contributed by atoms with Gasteiger partial charge in [-0.3, -0.25) is 4.79 Å². The summed E-state index contributed by atoms with van der Waals surface area (Å²) in [5.74, 6) is -0.931. The number of nitriles is 1. The van der Waals surface area contributed by atoms with Gasteiger partial charge >= 0.3 is 5.97 Å². The molecule has 0 fully saturated rings. The summed E-state index contributed by atoms with van der Waals surface area (Å²) in [4.78, 5) is 27.1. The third kappa shape index (κ3) is 4.33. The lowest BCUT2D eigenvalue weighted by molar-refractivity contribution is 0.0679. The fourth-order valence-corrected chi connectivity index (χ4v) is 6.17. The minimum Gasteiger partial charge on any atom is -0.478 e. The Morgan fingerprint density at radius 1 is 0.895 bits per heavy atom. The molecule has 5 rings (SSSR count). The molecule has 3 aromatic rings. The van der Waals surface area contributed by atoms with E-state index in [4.69, 9.17) is 5.26 Å². The molecule has 2 aliphatic rings. The molecule has 0 radical (unpaired) electrons. The number of benzene rings is 3. The summed E-state index contributed by atoms with van der Waals surface area (Å²) in [5.41, 5.74) is 6.35. The van der Waals surface area contributed by atoms with Crippen molar-refractivity contribution in [2.24, 2.45) is 10.8 Å². The maximum Gasteiger partial charge on any atom is 0.335 e. The van der Waals surface area contributed by atoms with E-state index in [1.54, 1.807) is 24.3 Å². The van der Waals surface area contributed by atoms with Crippen molar-refractivity contribution in [2.75, 3.05) is 13.1 Å². The van der Waals surface area contributed by atoms with Gasteiger partial charge in [-0.1, -0.05) is 81.0 Å². The highest BCUT2D eigenvalue weighted by atomic mass is 16.4. The Hall–Kier alpha value is -4.43. The van der Waals surface area contributed by atoms with Crippen LogP contribution in [0.5, 0.6) is 0 Å². The van der Waals surface area contributed by atoms with Gasteiger partial charge in [0.1, 0.15) is 0 Å². The summed E-state index contributed by atoms with van der Waals surface area (Å²) in [6.07, 6.45) is 5.26. The monoisotopic (exact) mass is 502 g/mol. The van der Waals surface area contributed by atoms with Crippen LogP contribution in [0.1, 0.15) is 59.0 Å². The number of hydrogen-bond donors (Lipinski definition) is 1. The van der Waals surface area contributed by atoms with Gasteiger partial charge in [-0.05, 0) is 59.0 Å². The lowest BCUT2D eigenvalue weighted by Gasteiger charge is -2.50. The summed E-state index contributed by atoms with van der Waals surface area (Å²) >= 11 is 0. The van der Waals surface area contributed by atoms with Gasteiger partial charge in [0.05, 0.1) is 17.2 Å². The van der Waals surface area contributed by atoms with E-state index >= 15 is 0 Å². The molecule has 0 aromatic heterocycles. The average molecular weight is 503 g/mol. The molecular formula is C33H30N2O3. The van der Waals surface area contributed by atoms with E-state index in [0.717, 1.165) is 23.1 Å². The van der Waals surface area contributed by atoms with Crippen molar-refractivity contribution in [3.8, 4) is 17.2 Å². The summed E-state index contributed by atoms with van der Waals surface area (Å²) in [5, 5.41) is 18.4. The maximum atomic E-state index is 13.8. The number of hydrogen-bond acceptors (Lipinski definition) is 3. The number of aromatic carboxylic acids is 1. The molecule has 1 atom stereocenters. The molecule has 0 saturated heterocycles. The first-order valence-corrected chi connectivity index (χ1v) is 12.8. The van der Waals surface area contributed by atoms with Crippen molar-refractivity contribution in [1.82, 2.24) is 4.90 Å². The minimum absolute atomic E-state index is 0.00155. The molecule has 0 bridgehead atoms. The van der Waals surface area contributed by atoms with E-state index in [1.807, 2.05) is 53.4 Å². The van der Waals surface area contributed by atoms with Crippen LogP contribution in [0.15, 0.2) is 90.5 Å². The molecule has 0 unspecified atom stereocenters. The van der Waals surface area contributed by atoms with Gasteiger partial charge in [-0.2, -0.15) is 5.26 Å². The van der Waals surface area contributed by atoms with Crippen LogP contribution in [0.3, 0.4) is 0 Å². The zero-order valence-corrected chi connectivity index (χ0v) is 21.9. The molecule has 38 heavy (non-hydrogen) atoms. The highest BCUT2D eigenvalue weighted by molar-refractivity contribution is 6.01. The van der Waals surface area contributed by atoms with E-state index in [0.29, 0.717) is 24.2 Å². The van der Waals surface area contributed by atoms with E-state index in [2.05, 4.69) is 39.0 Å². The van der Waals surface area contributed by atoms with Crippen molar-refractivity contribution in [1.29, 1.82) is 5.26 Å². The third-order valence-electron chi connectivity index (χ3n) is 8.02. The Bertz CT molecular complexity index is 1520. The first-order valence-electron chi connectivity index (χ1n) is 12.8. The number of carbonyl (C=O) groups excluding carboxylic acids is 1. The Labute approximate surface area is 223 Å². The highest BCUT2D eigenvalue weighted by Crippen LogP contribution is 2.55. The summed E-state index contributed by atoms with van der Waals surface area (Å²) in [6.45, 7) is 7.80. The van der Waals surface area contributed by atoms with E-state index in [9.17, 15) is 14.7 Å². The molecule has 5 heteroatoms. The van der Waals surface area contributed by atoms with Crippen LogP contribution in [0.4, 0.5) is 0 Å².